The monoisotopic (exact) mass is 261 g/mol. The molecule has 0 amide bonds. The van der Waals surface area contributed by atoms with Crippen molar-refractivity contribution in [1.82, 2.24) is 5.32 Å². The first-order valence-corrected chi connectivity index (χ1v) is 7.98. The van der Waals surface area contributed by atoms with Crippen LogP contribution in [0.3, 0.4) is 0 Å². The molecule has 1 aliphatic rings. The summed E-state index contributed by atoms with van der Waals surface area (Å²) < 4.78 is 0. The van der Waals surface area contributed by atoms with E-state index < -0.39 is 0 Å². The minimum atomic E-state index is 0.564. The molecule has 0 fully saturated rings. The van der Waals surface area contributed by atoms with E-state index in [1.54, 1.807) is 10.4 Å². The normalized spacial score (nSPS) is 20.1. The fraction of sp³-hybridized carbons (Fsp3) is 0.625. The maximum atomic E-state index is 5.43. The summed E-state index contributed by atoms with van der Waals surface area (Å²) in [6, 6.07) is 2.90. The summed E-state index contributed by atoms with van der Waals surface area (Å²) in [7, 11) is 0. The van der Waals surface area contributed by atoms with E-state index in [0.29, 0.717) is 12.0 Å². The number of terminal acetylenes is 1. The fourth-order valence-corrected chi connectivity index (χ4v) is 3.95. The van der Waals surface area contributed by atoms with Crippen LogP contribution in [0.1, 0.15) is 55.4 Å². The summed E-state index contributed by atoms with van der Waals surface area (Å²) in [4.78, 5) is 1.61. The maximum Gasteiger partial charge on any atom is 0.0145 e. The molecule has 98 valence electrons. The van der Waals surface area contributed by atoms with Crippen molar-refractivity contribution in [3.8, 4) is 12.3 Å². The quantitative estimate of drug-likeness (QED) is 0.765. The van der Waals surface area contributed by atoms with Crippen LogP contribution in [0.15, 0.2) is 11.4 Å². The van der Waals surface area contributed by atoms with E-state index >= 15 is 0 Å². The van der Waals surface area contributed by atoms with Crippen molar-refractivity contribution in [1.29, 1.82) is 0 Å². The minimum absolute atomic E-state index is 0.564. The summed E-state index contributed by atoms with van der Waals surface area (Å²) in [6.07, 6.45) is 12.5. The van der Waals surface area contributed by atoms with Gasteiger partial charge in [-0.05, 0) is 55.7 Å². The number of hydrogen-bond donors (Lipinski definition) is 1. The van der Waals surface area contributed by atoms with E-state index in [4.69, 9.17) is 6.42 Å². The van der Waals surface area contributed by atoms with Crippen LogP contribution in [-0.2, 0) is 6.42 Å². The van der Waals surface area contributed by atoms with Gasteiger partial charge in [-0.2, -0.15) is 0 Å². The van der Waals surface area contributed by atoms with Gasteiger partial charge in [0, 0.05) is 23.3 Å². The Morgan fingerprint density at radius 1 is 1.61 bits per heavy atom. The predicted octanol–water partition coefficient (Wildman–Crippen LogP) is 3.95. The molecule has 0 bridgehead atoms. The zero-order valence-electron chi connectivity index (χ0n) is 11.2. The van der Waals surface area contributed by atoms with E-state index in [-0.39, 0.29) is 0 Å². The molecule has 2 heteroatoms. The maximum absolute atomic E-state index is 5.43. The number of fused-ring (bicyclic) bond motifs is 1. The van der Waals surface area contributed by atoms with E-state index in [9.17, 15) is 0 Å². The smallest absolute Gasteiger partial charge is 0.0145 e. The first-order valence-electron chi connectivity index (χ1n) is 7.10. The van der Waals surface area contributed by atoms with Crippen molar-refractivity contribution >= 4 is 11.3 Å². The third-order valence-electron chi connectivity index (χ3n) is 3.84. The van der Waals surface area contributed by atoms with Gasteiger partial charge >= 0.3 is 0 Å². The van der Waals surface area contributed by atoms with Crippen molar-refractivity contribution in [2.45, 2.75) is 57.4 Å². The number of nitrogens with one attached hydrogen (secondary N) is 1. The number of hydrogen-bond acceptors (Lipinski definition) is 2. The molecule has 0 radical (unpaired) electrons. The lowest BCUT2D eigenvalue weighted by molar-refractivity contribution is 0.378. The van der Waals surface area contributed by atoms with Crippen LogP contribution < -0.4 is 5.32 Å². The number of rotatable bonds is 6. The van der Waals surface area contributed by atoms with Crippen molar-refractivity contribution in [2.75, 3.05) is 6.54 Å². The summed E-state index contributed by atoms with van der Waals surface area (Å²) in [5.74, 6) is 3.47. The Morgan fingerprint density at radius 3 is 3.28 bits per heavy atom. The van der Waals surface area contributed by atoms with Gasteiger partial charge in [0.1, 0.15) is 0 Å². The molecule has 1 aliphatic carbocycles. The van der Waals surface area contributed by atoms with Gasteiger partial charge in [0.15, 0.2) is 0 Å². The van der Waals surface area contributed by atoms with Crippen molar-refractivity contribution in [3.05, 3.63) is 21.9 Å². The fourth-order valence-electron chi connectivity index (χ4n) is 2.95. The van der Waals surface area contributed by atoms with Gasteiger partial charge in [0.25, 0.3) is 0 Å². The second-order valence-electron chi connectivity index (χ2n) is 5.10. The lowest BCUT2D eigenvalue weighted by Gasteiger charge is -2.31. The van der Waals surface area contributed by atoms with Crippen molar-refractivity contribution in [2.24, 2.45) is 0 Å². The van der Waals surface area contributed by atoms with Crippen molar-refractivity contribution in [3.63, 3.8) is 0 Å². The molecular weight excluding hydrogens is 238 g/mol. The highest BCUT2D eigenvalue weighted by Gasteiger charge is 2.27. The highest BCUT2D eigenvalue weighted by atomic mass is 32.1. The van der Waals surface area contributed by atoms with Gasteiger partial charge in [-0.25, -0.2) is 0 Å². The zero-order chi connectivity index (χ0) is 12.8. The third-order valence-corrected chi connectivity index (χ3v) is 4.84. The molecule has 0 aromatic carbocycles. The number of aryl methyl sites for hydroxylation is 1. The highest BCUT2D eigenvalue weighted by Crippen LogP contribution is 2.38. The van der Waals surface area contributed by atoms with Crippen LogP contribution in [0.25, 0.3) is 0 Å². The average molecular weight is 261 g/mol. The Morgan fingerprint density at radius 2 is 2.50 bits per heavy atom. The van der Waals surface area contributed by atoms with Gasteiger partial charge in [0.05, 0.1) is 0 Å². The zero-order valence-corrected chi connectivity index (χ0v) is 12.1. The molecule has 18 heavy (non-hydrogen) atoms. The Kier molecular flexibility index (Phi) is 5.28. The number of thiophene rings is 1. The van der Waals surface area contributed by atoms with Crippen molar-refractivity contribution < 1.29 is 0 Å². The second-order valence-corrected chi connectivity index (χ2v) is 6.10. The van der Waals surface area contributed by atoms with Crippen LogP contribution in [0, 0.1) is 12.3 Å². The van der Waals surface area contributed by atoms with Gasteiger partial charge in [-0.3, -0.25) is 0 Å². The SMILES string of the molecule is C#CCCC(NCCC)C1CCCc2sccc21. The molecule has 1 aromatic rings. The minimum Gasteiger partial charge on any atom is -0.313 e. The van der Waals surface area contributed by atoms with Gasteiger partial charge in [0.2, 0.25) is 0 Å². The molecular formula is C16H23NS. The lowest BCUT2D eigenvalue weighted by atomic mass is 9.81. The van der Waals surface area contributed by atoms with Gasteiger partial charge < -0.3 is 5.32 Å². The Bertz CT molecular complexity index is 401. The van der Waals surface area contributed by atoms with Crippen LogP contribution in [0.5, 0.6) is 0 Å². The van der Waals surface area contributed by atoms with Crippen LogP contribution >= 0.6 is 11.3 Å². The topological polar surface area (TPSA) is 12.0 Å². The van der Waals surface area contributed by atoms with Crippen LogP contribution in [0.4, 0.5) is 0 Å². The molecule has 0 aliphatic heterocycles. The second kappa shape index (κ2) is 6.97. The summed E-state index contributed by atoms with van der Waals surface area (Å²) in [6.45, 7) is 3.33. The summed E-state index contributed by atoms with van der Waals surface area (Å²) in [5.41, 5.74) is 1.59. The van der Waals surface area contributed by atoms with Crippen LogP contribution in [0.2, 0.25) is 0 Å². The summed E-state index contributed by atoms with van der Waals surface area (Å²) in [5, 5.41) is 5.96. The first kappa shape index (κ1) is 13.6. The molecule has 0 saturated carbocycles. The van der Waals surface area contributed by atoms with Gasteiger partial charge in [-0.1, -0.05) is 6.92 Å². The average Bonchev–Trinajstić information content (AvgIpc) is 2.87. The molecule has 1 N–H and O–H groups in total. The molecule has 0 saturated heterocycles. The van der Waals surface area contributed by atoms with E-state index in [1.165, 1.54) is 25.7 Å². The largest absolute Gasteiger partial charge is 0.313 e. The standard InChI is InChI=1S/C16H23NS/c1-3-5-8-15(17-11-4-2)13-7-6-9-16-14(13)10-12-18-16/h1,10,12-13,15,17H,4-9,11H2,2H3. The summed E-state index contributed by atoms with van der Waals surface area (Å²) >= 11 is 1.93. The Balaban J connectivity index is 2.08. The molecule has 2 rings (SSSR count). The Hall–Kier alpha value is -0.780. The molecule has 0 spiro atoms. The van der Waals surface area contributed by atoms with Gasteiger partial charge in [-0.15, -0.1) is 23.7 Å². The molecule has 2 unspecified atom stereocenters. The molecule has 1 nitrogen and oxygen atoms in total. The highest BCUT2D eigenvalue weighted by molar-refractivity contribution is 7.10. The third kappa shape index (κ3) is 3.16. The lowest BCUT2D eigenvalue weighted by Crippen LogP contribution is -2.36. The molecule has 1 aromatic heterocycles. The first-order chi connectivity index (χ1) is 8.86. The van der Waals surface area contributed by atoms with E-state index in [2.05, 4.69) is 29.6 Å². The molecule has 1 heterocycles. The van der Waals surface area contributed by atoms with E-state index in [1.807, 2.05) is 11.3 Å². The van der Waals surface area contributed by atoms with Crippen LogP contribution in [-0.4, -0.2) is 12.6 Å². The predicted molar refractivity (Wildman–Crippen MR) is 80.1 cm³/mol. The van der Waals surface area contributed by atoms with E-state index in [0.717, 1.165) is 19.4 Å². The Labute approximate surface area is 115 Å². The molecule has 2 atom stereocenters.